The first-order valence-corrected chi connectivity index (χ1v) is 9.26. The van der Waals surface area contributed by atoms with Crippen LogP contribution in [0, 0.1) is 48.3 Å². The van der Waals surface area contributed by atoms with Crippen molar-refractivity contribution in [3.8, 4) is 12.1 Å². The Hall–Kier alpha value is -3.05. The van der Waals surface area contributed by atoms with Gasteiger partial charge in [-0.1, -0.05) is 5.57 Å². The van der Waals surface area contributed by atoms with Crippen LogP contribution in [0.25, 0.3) is 5.57 Å². The molecule has 1 saturated heterocycles. The summed E-state index contributed by atoms with van der Waals surface area (Å²) in [6.45, 7) is 5.62. The number of carbonyl (C=O) groups is 1. The van der Waals surface area contributed by atoms with E-state index in [1.807, 2.05) is 39.0 Å². The third kappa shape index (κ3) is 2.90. The second-order valence-electron chi connectivity index (χ2n) is 7.52. The van der Waals surface area contributed by atoms with Crippen LogP contribution < -0.4 is 0 Å². The van der Waals surface area contributed by atoms with E-state index in [0.717, 1.165) is 48.3 Å². The first-order valence-electron chi connectivity index (χ1n) is 9.26. The lowest BCUT2D eigenvalue weighted by molar-refractivity contribution is -0.132. The van der Waals surface area contributed by atoms with Gasteiger partial charge in [-0.3, -0.25) is 0 Å². The summed E-state index contributed by atoms with van der Waals surface area (Å²) in [5, 5.41) is 18.8. The van der Waals surface area contributed by atoms with E-state index in [1.165, 1.54) is 5.57 Å². The third-order valence-corrected chi connectivity index (χ3v) is 5.47. The summed E-state index contributed by atoms with van der Waals surface area (Å²) >= 11 is 0. The van der Waals surface area contributed by atoms with Gasteiger partial charge in [0.05, 0.1) is 5.57 Å². The number of carbonyl (C=O) groups excluding carboxylic acids is 1. The fourth-order valence-electron chi connectivity index (χ4n) is 4.00. The van der Waals surface area contributed by atoms with E-state index in [-0.39, 0.29) is 11.3 Å². The van der Waals surface area contributed by atoms with Crippen LogP contribution in [0.15, 0.2) is 38.5 Å². The second kappa shape index (κ2) is 6.28. The predicted octanol–water partition coefficient (Wildman–Crippen LogP) is 4.64. The molecule has 5 heteroatoms. The molecule has 2 aliphatic carbocycles. The maximum atomic E-state index is 12.9. The Morgan fingerprint density at radius 3 is 2.11 bits per heavy atom. The van der Waals surface area contributed by atoms with Crippen molar-refractivity contribution in [2.24, 2.45) is 11.8 Å². The van der Waals surface area contributed by atoms with E-state index in [1.54, 1.807) is 0 Å². The zero-order valence-corrected chi connectivity index (χ0v) is 15.7. The lowest BCUT2D eigenvalue weighted by Gasteiger charge is -2.12. The number of esters is 1. The van der Waals surface area contributed by atoms with Crippen LogP contribution >= 0.6 is 0 Å². The smallest absolute Gasteiger partial charge is 0.344 e. The highest BCUT2D eigenvalue weighted by Gasteiger charge is 2.45. The number of rotatable bonds is 3. The quantitative estimate of drug-likeness (QED) is 0.445. The molecule has 4 rings (SSSR count). The van der Waals surface area contributed by atoms with Crippen LogP contribution in [0.4, 0.5) is 0 Å². The second-order valence-corrected chi connectivity index (χ2v) is 7.52. The molecule has 1 aliphatic heterocycles. The normalized spacial score (nSPS) is 20.9. The predicted molar refractivity (Wildman–Crippen MR) is 97.6 cm³/mol. The topological polar surface area (TPSA) is 87.0 Å². The highest BCUT2D eigenvalue weighted by Crippen LogP contribution is 2.54. The fourth-order valence-corrected chi connectivity index (χ4v) is 4.00. The molecule has 27 heavy (non-hydrogen) atoms. The molecule has 0 aromatic carbocycles. The molecule has 3 aliphatic rings. The Morgan fingerprint density at radius 1 is 1.07 bits per heavy atom. The number of furan rings is 1. The average molecular weight is 360 g/mol. The summed E-state index contributed by atoms with van der Waals surface area (Å²) in [5.74, 6) is 2.01. The summed E-state index contributed by atoms with van der Waals surface area (Å²) < 4.78 is 11.1. The van der Waals surface area contributed by atoms with Crippen molar-refractivity contribution in [2.75, 3.05) is 0 Å². The van der Waals surface area contributed by atoms with E-state index in [0.29, 0.717) is 23.0 Å². The van der Waals surface area contributed by atoms with Crippen molar-refractivity contribution in [3.63, 3.8) is 0 Å². The molecule has 0 atom stereocenters. The van der Waals surface area contributed by atoms with Crippen LogP contribution in [0.3, 0.4) is 0 Å². The Labute approximate surface area is 158 Å². The van der Waals surface area contributed by atoms with Crippen molar-refractivity contribution >= 4 is 11.5 Å². The van der Waals surface area contributed by atoms with Crippen molar-refractivity contribution in [2.45, 2.75) is 46.5 Å². The monoisotopic (exact) mass is 360 g/mol. The molecular weight excluding hydrogens is 340 g/mol. The number of hydrogen-bond acceptors (Lipinski definition) is 5. The summed E-state index contributed by atoms with van der Waals surface area (Å²) in [4.78, 5) is 12.9. The average Bonchev–Trinajstić information content (AvgIpc) is 3.54. The minimum absolute atomic E-state index is 0.139. The molecule has 0 radical (unpaired) electrons. The molecule has 5 nitrogen and oxygen atoms in total. The lowest BCUT2D eigenvalue weighted by atomic mass is 9.88. The third-order valence-electron chi connectivity index (χ3n) is 5.47. The van der Waals surface area contributed by atoms with Crippen LogP contribution in [-0.4, -0.2) is 5.97 Å². The highest BCUT2D eigenvalue weighted by molar-refractivity contribution is 6.07. The van der Waals surface area contributed by atoms with Gasteiger partial charge in [-0.05, 0) is 69.9 Å². The Morgan fingerprint density at radius 2 is 1.67 bits per heavy atom. The number of nitrogens with zero attached hydrogens (tertiary/aromatic N) is 2. The molecule has 0 bridgehead atoms. The largest absolute Gasteiger partial charge is 0.466 e. The number of nitriles is 2. The summed E-state index contributed by atoms with van der Waals surface area (Å²) in [7, 11) is 0. The number of cyclic esters (lactones) is 1. The van der Waals surface area contributed by atoms with Crippen molar-refractivity contribution in [1.29, 1.82) is 10.5 Å². The van der Waals surface area contributed by atoms with Gasteiger partial charge >= 0.3 is 5.97 Å². The van der Waals surface area contributed by atoms with Crippen molar-refractivity contribution < 1.29 is 13.9 Å². The fraction of sp³-hybridized carbons (Fsp3) is 0.409. The number of ether oxygens (including phenoxy) is 1. The molecule has 0 spiro atoms. The SMILES string of the molecule is CC(=C1C(=O)OC(=C(C#N)C#N)C1=C(C1CC1)C1CC1)c1cc(C)oc1C. The molecular formula is C22H20N2O3. The van der Waals surface area contributed by atoms with E-state index in [4.69, 9.17) is 9.15 Å². The molecule has 0 N–H and O–H groups in total. The zero-order valence-electron chi connectivity index (χ0n) is 15.7. The van der Waals surface area contributed by atoms with Gasteiger partial charge in [-0.25, -0.2) is 4.79 Å². The Balaban J connectivity index is 2.02. The van der Waals surface area contributed by atoms with Gasteiger partial charge in [0.15, 0.2) is 11.3 Å². The maximum Gasteiger partial charge on any atom is 0.344 e. The van der Waals surface area contributed by atoms with Gasteiger partial charge in [0.25, 0.3) is 0 Å². The van der Waals surface area contributed by atoms with Gasteiger partial charge in [-0.2, -0.15) is 10.5 Å². The van der Waals surface area contributed by atoms with Gasteiger partial charge in [0, 0.05) is 11.1 Å². The van der Waals surface area contributed by atoms with Crippen LogP contribution in [0.2, 0.25) is 0 Å². The Bertz CT molecular complexity index is 999. The molecule has 2 heterocycles. The minimum atomic E-state index is -0.488. The van der Waals surface area contributed by atoms with Gasteiger partial charge in [0.1, 0.15) is 23.7 Å². The summed E-state index contributed by atoms with van der Waals surface area (Å²) in [6.07, 6.45) is 4.34. The van der Waals surface area contributed by atoms with Crippen LogP contribution in [0.5, 0.6) is 0 Å². The van der Waals surface area contributed by atoms with Crippen molar-refractivity contribution in [1.82, 2.24) is 0 Å². The first-order chi connectivity index (χ1) is 13.0. The molecule has 0 unspecified atom stereocenters. The molecule has 2 saturated carbocycles. The van der Waals surface area contributed by atoms with E-state index in [9.17, 15) is 15.3 Å². The molecule has 136 valence electrons. The number of hydrogen-bond donors (Lipinski definition) is 0. The first kappa shape index (κ1) is 17.4. The van der Waals surface area contributed by atoms with Crippen LogP contribution in [-0.2, 0) is 9.53 Å². The van der Waals surface area contributed by atoms with Gasteiger partial charge < -0.3 is 9.15 Å². The molecule has 1 aromatic heterocycles. The molecule has 1 aromatic rings. The van der Waals surface area contributed by atoms with Gasteiger partial charge in [-0.15, -0.1) is 0 Å². The van der Waals surface area contributed by atoms with E-state index >= 15 is 0 Å². The molecule has 0 amide bonds. The zero-order chi connectivity index (χ0) is 19.3. The van der Waals surface area contributed by atoms with Gasteiger partial charge in [0.2, 0.25) is 0 Å². The lowest BCUT2D eigenvalue weighted by Crippen LogP contribution is -2.03. The standard InChI is InChI=1S/C22H20N2O3/c1-11-8-17(13(3)26-11)12(2)18-20(19(14-4-5-14)15-6-7-15)21(27-22(18)25)16(9-23)10-24/h8,14-15H,4-7H2,1-3H3. The van der Waals surface area contributed by atoms with E-state index < -0.39 is 5.97 Å². The number of allylic oxidation sites excluding steroid dienone is 4. The number of aryl methyl sites for hydroxylation is 2. The summed E-state index contributed by atoms with van der Waals surface area (Å²) in [5.41, 5.74) is 3.86. The molecule has 3 fully saturated rings. The highest BCUT2D eigenvalue weighted by atomic mass is 16.5. The maximum absolute atomic E-state index is 12.9. The summed E-state index contributed by atoms with van der Waals surface area (Å²) in [6, 6.07) is 5.71. The van der Waals surface area contributed by atoms with Crippen LogP contribution in [0.1, 0.15) is 49.7 Å². The Kier molecular flexibility index (Phi) is 4.04. The van der Waals surface area contributed by atoms with E-state index in [2.05, 4.69) is 0 Å². The van der Waals surface area contributed by atoms with Crippen molar-refractivity contribution in [3.05, 3.63) is 51.2 Å². The minimum Gasteiger partial charge on any atom is -0.466 e.